The van der Waals surface area contributed by atoms with Gasteiger partial charge in [-0.25, -0.2) is 0 Å². The van der Waals surface area contributed by atoms with Crippen molar-refractivity contribution >= 4 is 0 Å². The van der Waals surface area contributed by atoms with Gasteiger partial charge in [-0.2, -0.15) is 13.2 Å². The van der Waals surface area contributed by atoms with E-state index in [9.17, 15) is 13.2 Å². The van der Waals surface area contributed by atoms with Crippen LogP contribution in [-0.2, 0) is 0 Å². The number of nitrogens with zero attached hydrogens (tertiary/aromatic N) is 1. The van der Waals surface area contributed by atoms with Crippen LogP contribution in [0.2, 0.25) is 0 Å². The lowest BCUT2D eigenvalue weighted by molar-refractivity contribution is -0.135. The Kier molecular flexibility index (Phi) is 7.76. The molecule has 0 saturated carbocycles. The molecule has 0 aromatic carbocycles. The first-order valence-electron chi connectivity index (χ1n) is 5.80. The average molecular weight is 240 g/mol. The summed E-state index contributed by atoms with van der Waals surface area (Å²) >= 11 is 0. The molecule has 0 saturated heterocycles. The van der Waals surface area contributed by atoms with Gasteiger partial charge in [-0.15, -0.1) is 0 Å². The van der Waals surface area contributed by atoms with E-state index in [-0.39, 0.29) is 12.5 Å². The highest BCUT2D eigenvalue weighted by molar-refractivity contribution is 4.68. The molecule has 1 unspecified atom stereocenters. The maximum atomic E-state index is 12.0. The van der Waals surface area contributed by atoms with Gasteiger partial charge in [0.2, 0.25) is 0 Å². The molecule has 1 atom stereocenters. The molecule has 0 aliphatic heterocycles. The molecule has 0 fully saturated rings. The summed E-state index contributed by atoms with van der Waals surface area (Å²) in [5.74, 6) is 0. The summed E-state index contributed by atoms with van der Waals surface area (Å²) in [4.78, 5) is 2.05. The molecule has 0 spiro atoms. The molecule has 5 heteroatoms. The van der Waals surface area contributed by atoms with Crippen LogP contribution in [0, 0.1) is 0 Å². The maximum Gasteiger partial charge on any atom is 0.389 e. The van der Waals surface area contributed by atoms with Gasteiger partial charge in [0.1, 0.15) is 0 Å². The second-order valence-electron chi connectivity index (χ2n) is 4.35. The van der Waals surface area contributed by atoms with Gasteiger partial charge < -0.3 is 10.2 Å². The Bertz CT molecular complexity index is 169. The summed E-state index contributed by atoms with van der Waals surface area (Å²) in [6.07, 6.45) is -2.97. The van der Waals surface area contributed by atoms with Crippen molar-refractivity contribution in [2.45, 2.75) is 44.8 Å². The molecule has 0 amide bonds. The summed E-state index contributed by atoms with van der Waals surface area (Å²) in [6.45, 7) is 3.69. The van der Waals surface area contributed by atoms with E-state index in [4.69, 9.17) is 0 Å². The van der Waals surface area contributed by atoms with E-state index in [1.807, 2.05) is 25.9 Å². The first-order valence-corrected chi connectivity index (χ1v) is 5.80. The van der Waals surface area contributed by atoms with Gasteiger partial charge in [0, 0.05) is 12.5 Å². The SMILES string of the molecule is CCNC(CCCC(F)(F)F)CCN(C)C. The summed E-state index contributed by atoms with van der Waals surface area (Å²) in [6, 6.07) is 0.203. The molecule has 0 heterocycles. The average Bonchev–Trinajstić information content (AvgIpc) is 2.12. The number of alkyl halides is 3. The lowest BCUT2D eigenvalue weighted by Crippen LogP contribution is -2.32. The fourth-order valence-electron chi connectivity index (χ4n) is 1.60. The van der Waals surface area contributed by atoms with Crippen LogP contribution >= 0.6 is 0 Å². The fraction of sp³-hybridized carbons (Fsp3) is 1.00. The third-order valence-electron chi connectivity index (χ3n) is 2.43. The topological polar surface area (TPSA) is 15.3 Å². The molecule has 0 bridgehead atoms. The van der Waals surface area contributed by atoms with E-state index in [2.05, 4.69) is 5.32 Å². The van der Waals surface area contributed by atoms with Gasteiger partial charge in [-0.1, -0.05) is 6.92 Å². The summed E-state index contributed by atoms with van der Waals surface area (Å²) < 4.78 is 35.9. The molecule has 0 radical (unpaired) electrons. The van der Waals surface area contributed by atoms with Crippen LogP contribution in [-0.4, -0.2) is 44.3 Å². The summed E-state index contributed by atoms with van der Waals surface area (Å²) in [5, 5.41) is 3.23. The first kappa shape index (κ1) is 15.7. The lowest BCUT2D eigenvalue weighted by atomic mass is 10.1. The zero-order valence-electron chi connectivity index (χ0n) is 10.4. The predicted molar refractivity (Wildman–Crippen MR) is 60.5 cm³/mol. The molecule has 2 nitrogen and oxygen atoms in total. The molecular weight excluding hydrogens is 217 g/mol. The van der Waals surface area contributed by atoms with Crippen LogP contribution in [0.4, 0.5) is 13.2 Å². The fourth-order valence-corrected chi connectivity index (χ4v) is 1.60. The van der Waals surface area contributed by atoms with Crippen molar-refractivity contribution in [1.29, 1.82) is 0 Å². The Hall–Kier alpha value is -0.290. The van der Waals surface area contributed by atoms with Crippen molar-refractivity contribution in [1.82, 2.24) is 10.2 Å². The third kappa shape index (κ3) is 10.2. The van der Waals surface area contributed by atoms with Crippen LogP contribution in [0.1, 0.15) is 32.6 Å². The number of hydrogen-bond donors (Lipinski definition) is 1. The number of hydrogen-bond acceptors (Lipinski definition) is 2. The zero-order valence-corrected chi connectivity index (χ0v) is 10.4. The normalized spacial score (nSPS) is 14.4. The number of halogens is 3. The summed E-state index contributed by atoms with van der Waals surface area (Å²) in [7, 11) is 3.94. The second-order valence-corrected chi connectivity index (χ2v) is 4.35. The lowest BCUT2D eigenvalue weighted by Gasteiger charge is -2.20. The molecule has 0 aromatic heterocycles. The highest BCUT2D eigenvalue weighted by Gasteiger charge is 2.26. The molecule has 98 valence electrons. The minimum absolute atomic E-state index is 0.203. The van der Waals surface area contributed by atoms with E-state index in [0.29, 0.717) is 6.42 Å². The highest BCUT2D eigenvalue weighted by Crippen LogP contribution is 2.23. The summed E-state index contributed by atoms with van der Waals surface area (Å²) in [5.41, 5.74) is 0. The number of rotatable bonds is 8. The Balaban J connectivity index is 3.76. The van der Waals surface area contributed by atoms with E-state index in [0.717, 1.165) is 19.5 Å². The first-order chi connectivity index (χ1) is 7.35. The van der Waals surface area contributed by atoms with E-state index in [1.54, 1.807) is 0 Å². The van der Waals surface area contributed by atoms with Crippen molar-refractivity contribution in [3.8, 4) is 0 Å². The predicted octanol–water partition coefficient (Wildman–Crippen LogP) is 2.65. The van der Waals surface area contributed by atoms with E-state index < -0.39 is 12.6 Å². The van der Waals surface area contributed by atoms with Crippen molar-refractivity contribution in [2.24, 2.45) is 0 Å². The Morgan fingerprint density at radius 3 is 2.25 bits per heavy atom. The van der Waals surface area contributed by atoms with E-state index >= 15 is 0 Å². The standard InChI is InChI=1S/C11H23F3N2/c1-4-15-10(7-9-16(2)3)6-5-8-11(12,13)14/h10,15H,4-9H2,1-3H3. The third-order valence-corrected chi connectivity index (χ3v) is 2.43. The van der Waals surface area contributed by atoms with Gasteiger partial charge in [0.15, 0.2) is 0 Å². The van der Waals surface area contributed by atoms with Crippen LogP contribution in [0.5, 0.6) is 0 Å². The van der Waals surface area contributed by atoms with Crippen LogP contribution in [0.15, 0.2) is 0 Å². The van der Waals surface area contributed by atoms with Crippen LogP contribution in [0.25, 0.3) is 0 Å². The molecule has 0 aliphatic rings. The van der Waals surface area contributed by atoms with Crippen molar-refractivity contribution < 1.29 is 13.2 Å². The van der Waals surface area contributed by atoms with Gasteiger partial charge in [0.05, 0.1) is 0 Å². The Labute approximate surface area is 96.2 Å². The molecule has 16 heavy (non-hydrogen) atoms. The smallest absolute Gasteiger partial charge is 0.314 e. The second kappa shape index (κ2) is 7.90. The van der Waals surface area contributed by atoms with Gasteiger partial charge in [-0.05, 0) is 46.4 Å². The quantitative estimate of drug-likeness (QED) is 0.701. The zero-order chi connectivity index (χ0) is 12.6. The molecular formula is C11H23F3N2. The Morgan fingerprint density at radius 2 is 1.81 bits per heavy atom. The van der Waals surface area contributed by atoms with E-state index in [1.165, 1.54) is 0 Å². The van der Waals surface area contributed by atoms with Gasteiger partial charge in [-0.3, -0.25) is 0 Å². The van der Waals surface area contributed by atoms with Crippen LogP contribution in [0.3, 0.4) is 0 Å². The molecule has 0 aromatic rings. The van der Waals surface area contributed by atoms with Crippen molar-refractivity contribution in [3.63, 3.8) is 0 Å². The molecule has 0 rings (SSSR count). The van der Waals surface area contributed by atoms with Gasteiger partial charge >= 0.3 is 6.18 Å². The minimum atomic E-state index is -4.02. The Morgan fingerprint density at radius 1 is 1.19 bits per heavy atom. The largest absolute Gasteiger partial charge is 0.389 e. The van der Waals surface area contributed by atoms with Gasteiger partial charge in [0.25, 0.3) is 0 Å². The monoisotopic (exact) mass is 240 g/mol. The van der Waals surface area contributed by atoms with Crippen molar-refractivity contribution in [2.75, 3.05) is 27.2 Å². The number of nitrogens with one attached hydrogen (secondary N) is 1. The maximum absolute atomic E-state index is 12.0. The minimum Gasteiger partial charge on any atom is -0.314 e. The van der Waals surface area contributed by atoms with Crippen LogP contribution < -0.4 is 5.32 Å². The molecule has 1 N–H and O–H groups in total. The highest BCUT2D eigenvalue weighted by atomic mass is 19.4. The molecule has 0 aliphatic carbocycles. The van der Waals surface area contributed by atoms with Crippen molar-refractivity contribution in [3.05, 3.63) is 0 Å².